The quantitative estimate of drug-likeness (QED) is 0.795. The van der Waals surface area contributed by atoms with Crippen LogP contribution in [0, 0.1) is 5.92 Å². The average molecular weight is 275 g/mol. The first-order chi connectivity index (χ1) is 9.63. The van der Waals surface area contributed by atoms with Gasteiger partial charge in [0.1, 0.15) is 0 Å². The van der Waals surface area contributed by atoms with E-state index in [0.29, 0.717) is 29.8 Å². The van der Waals surface area contributed by atoms with Crippen molar-refractivity contribution in [3.05, 3.63) is 23.8 Å². The van der Waals surface area contributed by atoms with E-state index in [-0.39, 0.29) is 12.6 Å². The largest absolute Gasteiger partial charge is 0.454 e. The molecule has 2 heterocycles. The SMILES string of the molecule is CC1CCC(C)N(CC(=O)c2ccc3c(c2)OCO3)C1. The number of benzene rings is 1. The van der Waals surface area contributed by atoms with Crippen LogP contribution < -0.4 is 9.47 Å². The predicted octanol–water partition coefficient (Wildman–Crippen LogP) is 2.72. The first-order valence-electron chi connectivity index (χ1n) is 7.30. The van der Waals surface area contributed by atoms with Crippen LogP contribution in [0.5, 0.6) is 11.5 Å². The number of carbonyl (C=O) groups excluding carboxylic acids is 1. The molecule has 2 unspecified atom stereocenters. The lowest BCUT2D eigenvalue weighted by atomic mass is 9.94. The zero-order valence-corrected chi connectivity index (χ0v) is 12.1. The Labute approximate surface area is 119 Å². The van der Waals surface area contributed by atoms with Crippen molar-refractivity contribution in [2.45, 2.75) is 32.7 Å². The Morgan fingerprint density at radius 1 is 1.25 bits per heavy atom. The number of Topliss-reactive ketones (excluding diaryl/α,β-unsaturated/α-hetero) is 1. The number of nitrogens with zero attached hydrogens (tertiary/aromatic N) is 1. The number of hydrogen-bond donors (Lipinski definition) is 0. The third-order valence-corrected chi connectivity index (χ3v) is 4.29. The van der Waals surface area contributed by atoms with Gasteiger partial charge in [0.2, 0.25) is 6.79 Å². The lowest BCUT2D eigenvalue weighted by Crippen LogP contribution is -2.43. The lowest BCUT2D eigenvalue weighted by Gasteiger charge is -2.36. The smallest absolute Gasteiger partial charge is 0.231 e. The third kappa shape index (κ3) is 2.66. The number of ether oxygens (including phenoxy) is 2. The lowest BCUT2D eigenvalue weighted by molar-refractivity contribution is 0.0805. The van der Waals surface area contributed by atoms with Crippen molar-refractivity contribution in [1.29, 1.82) is 0 Å². The number of hydrogen-bond acceptors (Lipinski definition) is 4. The molecule has 1 aromatic rings. The monoisotopic (exact) mass is 275 g/mol. The second-order valence-electron chi connectivity index (χ2n) is 5.95. The van der Waals surface area contributed by atoms with E-state index in [1.54, 1.807) is 6.07 Å². The molecule has 0 spiro atoms. The molecule has 4 nitrogen and oxygen atoms in total. The Bertz CT molecular complexity index is 514. The molecular weight excluding hydrogens is 254 g/mol. The second kappa shape index (κ2) is 5.44. The summed E-state index contributed by atoms with van der Waals surface area (Å²) in [5.74, 6) is 2.23. The van der Waals surface area contributed by atoms with Crippen LogP contribution in [-0.2, 0) is 0 Å². The van der Waals surface area contributed by atoms with E-state index in [1.807, 2.05) is 12.1 Å². The number of piperidine rings is 1. The summed E-state index contributed by atoms with van der Waals surface area (Å²) in [6, 6.07) is 5.93. The van der Waals surface area contributed by atoms with Crippen molar-refractivity contribution in [1.82, 2.24) is 4.90 Å². The van der Waals surface area contributed by atoms with Gasteiger partial charge in [0.25, 0.3) is 0 Å². The highest BCUT2D eigenvalue weighted by molar-refractivity contribution is 5.98. The molecule has 0 bridgehead atoms. The maximum atomic E-state index is 12.4. The normalized spacial score (nSPS) is 25.7. The van der Waals surface area contributed by atoms with Gasteiger partial charge in [-0.2, -0.15) is 0 Å². The summed E-state index contributed by atoms with van der Waals surface area (Å²) in [7, 11) is 0. The molecule has 2 aliphatic heterocycles. The zero-order valence-electron chi connectivity index (χ0n) is 12.1. The van der Waals surface area contributed by atoms with Crippen LogP contribution >= 0.6 is 0 Å². The minimum absolute atomic E-state index is 0.157. The standard InChI is InChI=1S/C16H21NO3/c1-11-3-4-12(2)17(8-11)9-14(18)13-5-6-15-16(7-13)20-10-19-15/h5-7,11-12H,3-4,8-10H2,1-2H3. The molecule has 1 saturated heterocycles. The van der Waals surface area contributed by atoms with Crippen molar-refractivity contribution >= 4 is 5.78 Å². The van der Waals surface area contributed by atoms with Gasteiger partial charge in [0, 0.05) is 18.2 Å². The number of ketones is 1. The average Bonchev–Trinajstić information content (AvgIpc) is 2.90. The van der Waals surface area contributed by atoms with E-state index < -0.39 is 0 Å². The summed E-state index contributed by atoms with van der Waals surface area (Å²) < 4.78 is 10.6. The number of fused-ring (bicyclic) bond motifs is 1. The van der Waals surface area contributed by atoms with E-state index in [2.05, 4.69) is 18.7 Å². The molecule has 108 valence electrons. The highest BCUT2D eigenvalue weighted by Crippen LogP contribution is 2.32. The molecule has 0 aromatic heterocycles. The minimum Gasteiger partial charge on any atom is -0.454 e. The van der Waals surface area contributed by atoms with Crippen LogP contribution in [0.2, 0.25) is 0 Å². The Morgan fingerprint density at radius 2 is 2.05 bits per heavy atom. The number of carbonyl (C=O) groups is 1. The zero-order chi connectivity index (χ0) is 14.1. The van der Waals surface area contributed by atoms with Gasteiger partial charge in [-0.15, -0.1) is 0 Å². The molecule has 1 fully saturated rings. The fraction of sp³-hybridized carbons (Fsp3) is 0.562. The van der Waals surface area contributed by atoms with E-state index >= 15 is 0 Å². The molecule has 0 aliphatic carbocycles. The summed E-state index contributed by atoms with van der Waals surface area (Å²) in [6.07, 6.45) is 2.44. The highest BCUT2D eigenvalue weighted by Gasteiger charge is 2.25. The molecule has 1 aromatic carbocycles. The van der Waals surface area contributed by atoms with E-state index in [0.717, 1.165) is 12.3 Å². The van der Waals surface area contributed by atoms with Crippen molar-refractivity contribution in [3.63, 3.8) is 0 Å². The molecule has 2 atom stereocenters. The Hall–Kier alpha value is -1.55. The fourth-order valence-corrected chi connectivity index (χ4v) is 2.95. The Balaban J connectivity index is 1.69. The predicted molar refractivity (Wildman–Crippen MR) is 76.3 cm³/mol. The first-order valence-corrected chi connectivity index (χ1v) is 7.30. The first kappa shape index (κ1) is 13.4. The van der Waals surface area contributed by atoms with E-state index in [1.165, 1.54) is 12.8 Å². The van der Waals surface area contributed by atoms with E-state index in [4.69, 9.17) is 9.47 Å². The van der Waals surface area contributed by atoms with Gasteiger partial charge in [0.15, 0.2) is 17.3 Å². The van der Waals surface area contributed by atoms with Gasteiger partial charge in [-0.25, -0.2) is 0 Å². The summed E-state index contributed by atoms with van der Waals surface area (Å²) in [4.78, 5) is 14.7. The van der Waals surface area contributed by atoms with Crippen LogP contribution in [0.3, 0.4) is 0 Å². The van der Waals surface area contributed by atoms with Gasteiger partial charge >= 0.3 is 0 Å². The Morgan fingerprint density at radius 3 is 2.90 bits per heavy atom. The molecule has 0 radical (unpaired) electrons. The van der Waals surface area contributed by atoms with Crippen LogP contribution in [0.4, 0.5) is 0 Å². The molecule has 2 aliphatic rings. The molecular formula is C16H21NO3. The fourth-order valence-electron chi connectivity index (χ4n) is 2.95. The van der Waals surface area contributed by atoms with Crippen LogP contribution in [0.15, 0.2) is 18.2 Å². The van der Waals surface area contributed by atoms with Crippen molar-refractivity contribution in [3.8, 4) is 11.5 Å². The molecule has 0 saturated carbocycles. The summed E-state index contributed by atoms with van der Waals surface area (Å²) >= 11 is 0. The van der Waals surface area contributed by atoms with Crippen molar-refractivity contribution in [2.75, 3.05) is 19.9 Å². The maximum absolute atomic E-state index is 12.4. The Kier molecular flexibility index (Phi) is 3.66. The topological polar surface area (TPSA) is 38.8 Å². The van der Waals surface area contributed by atoms with Crippen molar-refractivity contribution < 1.29 is 14.3 Å². The van der Waals surface area contributed by atoms with Crippen LogP contribution in [0.25, 0.3) is 0 Å². The van der Waals surface area contributed by atoms with Crippen LogP contribution in [0.1, 0.15) is 37.0 Å². The van der Waals surface area contributed by atoms with Gasteiger partial charge in [0.05, 0.1) is 6.54 Å². The molecule has 0 N–H and O–H groups in total. The highest BCUT2D eigenvalue weighted by atomic mass is 16.7. The van der Waals surface area contributed by atoms with Gasteiger partial charge in [-0.3, -0.25) is 9.69 Å². The number of rotatable bonds is 3. The minimum atomic E-state index is 0.157. The van der Waals surface area contributed by atoms with Gasteiger partial charge < -0.3 is 9.47 Å². The van der Waals surface area contributed by atoms with Gasteiger partial charge in [-0.05, 0) is 43.9 Å². The molecule has 20 heavy (non-hydrogen) atoms. The summed E-state index contributed by atoms with van der Waals surface area (Å²) in [6.45, 7) is 6.21. The number of likely N-dealkylation sites (tertiary alicyclic amines) is 1. The third-order valence-electron chi connectivity index (χ3n) is 4.29. The summed E-state index contributed by atoms with van der Waals surface area (Å²) in [5.41, 5.74) is 0.708. The molecule has 3 rings (SSSR count). The molecule has 4 heteroatoms. The van der Waals surface area contributed by atoms with Crippen LogP contribution in [-0.4, -0.2) is 36.6 Å². The van der Waals surface area contributed by atoms with E-state index in [9.17, 15) is 4.79 Å². The maximum Gasteiger partial charge on any atom is 0.231 e. The second-order valence-corrected chi connectivity index (χ2v) is 5.95. The van der Waals surface area contributed by atoms with Gasteiger partial charge in [-0.1, -0.05) is 6.92 Å². The molecule has 0 amide bonds. The van der Waals surface area contributed by atoms with Crippen molar-refractivity contribution in [2.24, 2.45) is 5.92 Å². The summed E-state index contributed by atoms with van der Waals surface area (Å²) in [5, 5.41) is 0.